The zero-order valence-corrected chi connectivity index (χ0v) is 14.9. The van der Waals surface area contributed by atoms with Gasteiger partial charge in [0.1, 0.15) is 5.75 Å². The highest BCUT2D eigenvalue weighted by atomic mass is 16.5. The standard InChI is InChI=1S/C20H35NO/c1-4-7-9-10-16-21-20(6-3)18-12-14-19(15-13-18)22-17-11-8-5-2/h12-15,20-21H,4-11,16-17H2,1-3H3. The molecule has 0 saturated heterocycles. The van der Waals surface area contributed by atoms with E-state index >= 15 is 0 Å². The highest BCUT2D eigenvalue weighted by Crippen LogP contribution is 2.20. The first-order valence-corrected chi connectivity index (χ1v) is 9.27. The average molecular weight is 306 g/mol. The molecule has 2 heteroatoms. The maximum absolute atomic E-state index is 5.78. The largest absolute Gasteiger partial charge is 0.494 e. The first-order valence-electron chi connectivity index (χ1n) is 9.27. The molecule has 0 saturated carbocycles. The summed E-state index contributed by atoms with van der Waals surface area (Å²) in [5, 5.41) is 3.68. The molecule has 0 amide bonds. The molecule has 0 aliphatic heterocycles. The minimum absolute atomic E-state index is 0.468. The summed E-state index contributed by atoms with van der Waals surface area (Å²) in [5.41, 5.74) is 1.37. The van der Waals surface area contributed by atoms with Crippen molar-refractivity contribution >= 4 is 0 Å². The SMILES string of the molecule is CCCCCCNC(CC)c1ccc(OCCCCC)cc1. The number of unbranched alkanes of at least 4 members (excludes halogenated alkanes) is 5. The summed E-state index contributed by atoms with van der Waals surface area (Å²) in [4.78, 5) is 0. The van der Waals surface area contributed by atoms with Crippen LogP contribution in [0.4, 0.5) is 0 Å². The van der Waals surface area contributed by atoms with Crippen LogP contribution >= 0.6 is 0 Å². The molecular weight excluding hydrogens is 270 g/mol. The fourth-order valence-electron chi connectivity index (χ4n) is 2.66. The summed E-state index contributed by atoms with van der Waals surface area (Å²) in [6, 6.07) is 9.12. The van der Waals surface area contributed by atoms with Crippen LogP contribution < -0.4 is 10.1 Å². The van der Waals surface area contributed by atoms with E-state index in [0.717, 1.165) is 31.7 Å². The van der Waals surface area contributed by atoms with Crippen LogP contribution in [0.25, 0.3) is 0 Å². The second kappa shape index (κ2) is 12.5. The second-order valence-corrected chi connectivity index (χ2v) is 6.10. The van der Waals surface area contributed by atoms with Crippen LogP contribution in [-0.4, -0.2) is 13.2 Å². The number of benzene rings is 1. The zero-order chi connectivity index (χ0) is 16.0. The third-order valence-corrected chi connectivity index (χ3v) is 4.13. The normalized spacial score (nSPS) is 12.3. The van der Waals surface area contributed by atoms with Crippen molar-refractivity contribution in [3.63, 3.8) is 0 Å². The van der Waals surface area contributed by atoms with E-state index in [1.165, 1.54) is 44.1 Å². The molecule has 0 bridgehead atoms. The smallest absolute Gasteiger partial charge is 0.119 e. The van der Waals surface area contributed by atoms with Crippen molar-refractivity contribution in [1.29, 1.82) is 0 Å². The van der Waals surface area contributed by atoms with Crippen LogP contribution in [0.5, 0.6) is 5.75 Å². The van der Waals surface area contributed by atoms with Gasteiger partial charge in [0.2, 0.25) is 0 Å². The van der Waals surface area contributed by atoms with Gasteiger partial charge in [0.15, 0.2) is 0 Å². The number of hydrogen-bond acceptors (Lipinski definition) is 2. The predicted molar refractivity (Wildman–Crippen MR) is 96.6 cm³/mol. The fourth-order valence-corrected chi connectivity index (χ4v) is 2.66. The molecule has 0 aromatic heterocycles. The second-order valence-electron chi connectivity index (χ2n) is 6.10. The van der Waals surface area contributed by atoms with Gasteiger partial charge in [-0.1, -0.05) is 65.0 Å². The molecule has 1 atom stereocenters. The lowest BCUT2D eigenvalue weighted by atomic mass is 10.0. The third kappa shape index (κ3) is 7.84. The van der Waals surface area contributed by atoms with Crippen LogP contribution in [0.15, 0.2) is 24.3 Å². The fraction of sp³-hybridized carbons (Fsp3) is 0.700. The maximum atomic E-state index is 5.78. The number of ether oxygens (including phenoxy) is 1. The van der Waals surface area contributed by atoms with Gasteiger partial charge < -0.3 is 10.1 Å². The van der Waals surface area contributed by atoms with Gasteiger partial charge in [-0.05, 0) is 43.5 Å². The van der Waals surface area contributed by atoms with E-state index < -0.39 is 0 Å². The van der Waals surface area contributed by atoms with Crippen LogP contribution in [0.2, 0.25) is 0 Å². The molecule has 0 heterocycles. The molecule has 126 valence electrons. The van der Waals surface area contributed by atoms with Gasteiger partial charge >= 0.3 is 0 Å². The van der Waals surface area contributed by atoms with Gasteiger partial charge in [0, 0.05) is 6.04 Å². The Morgan fingerprint density at radius 2 is 1.55 bits per heavy atom. The molecule has 2 nitrogen and oxygen atoms in total. The molecular formula is C20H35NO. The van der Waals surface area contributed by atoms with Gasteiger partial charge in [0.05, 0.1) is 6.61 Å². The number of hydrogen-bond donors (Lipinski definition) is 1. The minimum Gasteiger partial charge on any atom is -0.494 e. The molecule has 0 spiro atoms. The lowest BCUT2D eigenvalue weighted by molar-refractivity contribution is 0.306. The first kappa shape index (κ1) is 19.0. The van der Waals surface area contributed by atoms with Crippen molar-refractivity contribution in [2.24, 2.45) is 0 Å². The Bertz CT molecular complexity index is 360. The maximum Gasteiger partial charge on any atom is 0.119 e. The summed E-state index contributed by atoms with van der Waals surface area (Å²) in [6.07, 6.45) is 10.0. The Labute approximate surface area is 137 Å². The summed E-state index contributed by atoms with van der Waals surface area (Å²) in [6.45, 7) is 8.68. The Hall–Kier alpha value is -1.02. The summed E-state index contributed by atoms with van der Waals surface area (Å²) in [7, 11) is 0. The first-order chi connectivity index (χ1) is 10.8. The van der Waals surface area contributed by atoms with E-state index in [9.17, 15) is 0 Å². The number of nitrogens with one attached hydrogen (secondary N) is 1. The van der Waals surface area contributed by atoms with Gasteiger partial charge in [0.25, 0.3) is 0 Å². The molecule has 0 radical (unpaired) electrons. The van der Waals surface area contributed by atoms with Gasteiger partial charge in [-0.2, -0.15) is 0 Å². The van der Waals surface area contributed by atoms with Crippen molar-refractivity contribution in [1.82, 2.24) is 5.32 Å². The number of rotatable bonds is 13. The van der Waals surface area contributed by atoms with Crippen molar-refractivity contribution in [3.05, 3.63) is 29.8 Å². The minimum atomic E-state index is 0.468. The van der Waals surface area contributed by atoms with Gasteiger partial charge in [-0.25, -0.2) is 0 Å². The topological polar surface area (TPSA) is 21.3 Å². The Kier molecular flexibility index (Phi) is 10.8. The van der Waals surface area contributed by atoms with E-state index in [0.29, 0.717) is 6.04 Å². The highest BCUT2D eigenvalue weighted by molar-refractivity contribution is 5.29. The van der Waals surface area contributed by atoms with Crippen LogP contribution in [0.1, 0.15) is 83.7 Å². The van der Waals surface area contributed by atoms with E-state index in [4.69, 9.17) is 4.74 Å². The van der Waals surface area contributed by atoms with E-state index in [1.54, 1.807) is 0 Å². The molecule has 1 aromatic rings. The Morgan fingerprint density at radius 3 is 2.18 bits per heavy atom. The highest BCUT2D eigenvalue weighted by Gasteiger charge is 2.08. The molecule has 1 N–H and O–H groups in total. The predicted octanol–water partition coefficient (Wildman–Crippen LogP) is 5.88. The quantitative estimate of drug-likeness (QED) is 0.460. The van der Waals surface area contributed by atoms with Crippen molar-refractivity contribution < 1.29 is 4.74 Å². The molecule has 1 aromatic carbocycles. The van der Waals surface area contributed by atoms with Crippen LogP contribution in [0, 0.1) is 0 Å². The van der Waals surface area contributed by atoms with Crippen LogP contribution in [0.3, 0.4) is 0 Å². The van der Waals surface area contributed by atoms with Crippen LogP contribution in [-0.2, 0) is 0 Å². The molecule has 1 rings (SSSR count). The monoisotopic (exact) mass is 305 g/mol. The Morgan fingerprint density at radius 1 is 0.864 bits per heavy atom. The zero-order valence-electron chi connectivity index (χ0n) is 14.9. The van der Waals surface area contributed by atoms with Crippen molar-refractivity contribution in [3.8, 4) is 5.75 Å². The van der Waals surface area contributed by atoms with Gasteiger partial charge in [-0.15, -0.1) is 0 Å². The molecule has 0 fully saturated rings. The third-order valence-electron chi connectivity index (χ3n) is 4.13. The molecule has 1 unspecified atom stereocenters. The van der Waals surface area contributed by atoms with E-state index in [-0.39, 0.29) is 0 Å². The van der Waals surface area contributed by atoms with E-state index in [1.807, 2.05) is 0 Å². The molecule has 0 aliphatic carbocycles. The van der Waals surface area contributed by atoms with Gasteiger partial charge in [-0.3, -0.25) is 0 Å². The Balaban J connectivity index is 2.35. The summed E-state index contributed by atoms with van der Waals surface area (Å²) < 4.78 is 5.78. The lowest BCUT2D eigenvalue weighted by Crippen LogP contribution is -2.21. The van der Waals surface area contributed by atoms with Crippen molar-refractivity contribution in [2.75, 3.05) is 13.2 Å². The summed E-state index contributed by atoms with van der Waals surface area (Å²) in [5.74, 6) is 0.998. The molecule has 0 aliphatic rings. The van der Waals surface area contributed by atoms with Crippen molar-refractivity contribution in [2.45, 2.75) is 78.2 Å². The van der Waals surface area contributed by atoms with E-state index in [2.05, 4.69) is 50.4 Å². The average Bonchev–Trinajstić information content (AvgIpc) is 2.56. The molecule has 22 heavy (non-hydrogen) atoms. The summed E-state index contributed by atoms with van der Waals surface area (Å²) >= 11 is 0. The lowest BCUT2D eigenvalue weighted by Gasteiger charge is -2.18.